The number of nitrogens with one attached hydrogen (secondary N) is 2. The van der Waals surface area contributed by atoms with E-state index in [2.05, 4.69) is 10.6 Å². The van der Waals surface area contributed by atoms with Gasteiger partial charge in [0.05, 0.1) is 18.6 Å². The number of hydrogen-bond donors (Lipinski definition) is 2. The summed E-state index contributed by atoms with van der Waals surface area (Å²) in [5, 5.41) is 7.25. The number of carbonyl (C=O) groups is 5. The van der Waals surface area contributed by atoms with Crippen molar-refractivity contribution in [3.8, 4) is 0 Å². The summed E-state index contributed by atoms with van der Waals surface area (Å²) in [6.45, 7) is 6.74. The van der Waals surface area contributed by atoms with Gasteiger partial charge >= 0.3 is 12.0 Å². The summed E-state index contributed by atoms with van der Waals surface area (Å²) in [5.41, 5.74) is 1.08. The number of likely N-dealkylation sites (tertiary alicyclic amines) is 1. The smallest absolute Gasteiger partial charge is 0.341 e. The lowest BCUT2D eigenvalue weighted by Crippen LogP contribution is -2.39. The molecule has 2 fully saturated rings. The molecule has 1 aromatic heterocycles. The molecule has 1 unspecified atom stereocenters. The third-order valence-corrected chi connectivity index (χ3v) is 6.42. The Labute approximate surface area is 196 Å². The summed E-state index contributed by atoms with van der Waals surface area (Å²) >= 11 is 1.20. The van der Waals surface area contributed by atoms with Crippen LogP contribution < -0.4 is 10.6 Å². The van der Waals surface area contributed by atoms with Crippen LogP contribution in [-0.4, -0.2) is 71.8 Å². The number of amides is 5. The van der Waals surface area contributed by atoms with Gasteiger partial charge in [0, 0.05) is 13.1 Å². The van der Waals surface area contributed by atoms with E-state index >= 15 is 0 Å². The molecule has 0 aromatic carbocycles. The lowest BCUT2D eigenvalue weighted by molar-refractivity contribution is -0.135. The molecule has 0 aliphatic carbocycles. The molecular formula is C22H30N4O6S. The first-order valence-corrected chi connectivity index (χ1v) is 12.1. The zero-order valence-corrected chi connectivity index (χ0v) is 20.0. The van der Waals surface area contributed by atoms with Gasteiger partial charge in [-0.1, -0.05) is 13.8 Å². The van der Waals surface area contributed by atoms with Crippen molar-refractivity contribution in [1.82, 2.24) is 15.1 Å². The Morgan fingerprint density at radius 1 is 1.24 bits per heavy atom. The number of thiophene rings is 1. The van der Waals surface area contributed by atoms with Gasteiger partial charge in [0.1, 0.15) is 17.6 Å². The summed E-state index contributed by atoms with van der Waals surface area (Å²) < 4.78 is 5.14. The van der Waals surface area contributed by atoms with E-state index in [0.717, 1.165) is 23.3 Å². The predicted octanol–water partition coefficient (Wildman–Crippen LogP) is 1.99. The highest BCUT2D eigenvalue weighted by Crippen LogP contribution is 2.31. The molecule has 3 rings (SSSR count). The highest BCUT2D eigenvalue weighted by Gasteiger charge is 2.41. The molecule has 1 atom stereocenters. The minimum absolute atomic E-state index is 0.126. The molecule has 5 amide bonds. The molecule has 2 saturated heterocycles. The van der Waals surface area contributed by atoms with Crippen LogP contribution in [0.2, 0.25) is 0 Å². The number of hydrogen-bond acceptors (Lipinski definition) is 7. The van der Waals surface area contributed by atoms with E-state index in [-0.39, 0.29) is 18.9 Å². The fourth-order valence-electron chi connectivity index (χ4n) is 3.95. The topological polar surface area (TPSA) is 125 Å². The fraction of sp³-hybridized carbons (Fsp3) is 0.591. The molecule has 2 N–H and O–H groups in total. The van der Waals surface area contributed by atoms with E-state index in [1.807, 2.05) is 13.8 Å². The Balaban J connectivity index is 1.65. The van der Waals surface area contributed by atoms with Crippen molar-refractivity contribution in [2.45, 2.75) is 52.5 Å². The van der Waals surface area contributed by atoms with Crippen LogP contribution >= 0.6 is 11.3 Å². The average Bonchev–Trinajstić information content (AvgIpc) is 3.46. The summed E-state index contributed by atoms with van der Waals surface area (Å²) in [6.07, 6.45) is 2.37. The van der Waals surface area contributed by atoms with Gasteiger partial charge in [0.25, 0.3) is 5.91 Å². The molecule has 0 saturated carbocycles. The average molecular weight is 479 g/mol. The number of nitrogens with zero attached hydrogens (tertiary/aromatic N) is 2. The first kappa shape index (κ1) is 24.7. The van der Waals surface area contributed by atoms with Crippen LogP contribution in [0.15, 0.2) is 5.38 Å². The number of ether oxygens (including phenoxy) is 1. The first-order chi connectivity index (χ1) is 15.7. The zero-order valence-electron chi connectivity index (χ0n) is 19.1. The van der Waals surface area contributed by atoms with Gasteiger partial charge in [0.2, 0.25) is 11.8 Å². The Hall–Kier alpha value is -2.95. The van der Waals surface area contributed by atoms with Crippen molar-refractivity contribution in [3.63, 3.8) is 0 Å². The van der Waals surface area contributed by atoms with E-state index in [0.29, 0.717) is 36.0 Å². The van der Waals surface area contributed by atoms with Crippen LogP contribution in [0.1, 0.15) is 56.0 Å². The molecular weight excluding hydrogens is 448 g/mol. The Kier molecular flexibility index (Phi) is 8.06. The second-order valence-electron chi connectivity index (χ2n) is 8.55. The van der Waals surface area contributed by atoms with Crippen LogP contribution in [0.4, 0.5) is 9.80 Å². The van der Waals surface area contributed by atoms with Crippen LogP contribution in [-0.2, 0) is 25.5 Å². The second-order valence-corrected chi connectivity index (χ2v) is 9.43. The van der Waals surface area contributed by atoms with Crippen molar-refractivity contribution in [1.29, 1.82) is 0 Å². The maximum Gasteiger partial charge on any atom is 0.341 e. The van der Waals surface area contributed by atoms with Crippen LogP contribution in [0.3, 0.4) is 0 Å². The zero-order chi connectivity index (χ0) is 24.1. The maximum absolute atomic E-state index is 12.7. The summed E-state index contributed by atoms with van der Waals surface area (Å²) in [4.78, 5) is 64.9. The molecule has 0 bridgehead atoms. The molecule has 3 heterocycles. The monoisotopic (exact) mass is 478 g/mol. The Morgan fingerprint density at radius 2 is 1.94 bits per heavy atom. The molecule has 11 heteroatoms. The van der Waals surface area contributed by atoms with Crippen molar-refractivity contribution in [2.75, 3.05) is 31.6 Å². The van der Waals surface area contributed by atoms with Gasteiger partial charge in [-0.25, -0.2) is 9.59 Å². The van der Waals surface area contributed by atoms with Crippen LogP contribution in [0.25, 0.3) is 0 Å². The molecule has 2 aliphatic heterocycles. The lowest BCUT2D eigenvalue weighted by atomic mass is 10.0. The van der Waals surface area contributed by atoms with Gasteiger partial charge in [0.15, 0.2) is 0 Å². The van der Waals surface area contributed by atoms with Crippen LogP contribution in [0, 0.1) is 5.92 Å². The predicted molar refractivity (Wildman–Crippen MR) is 122 cm³/mol. The quantitative estimate of drug-likeness (QED) is 0.413. The molecule has 180 valence electrons. The van der Waals surface area contributed by atoms with Gasteiger partial charge in [-0.2, -0.15) is 0 Å². The molecule has 33 heavy (non-hydrogen) atoms. The van der Waals surface area contributed by atoms with E-state index in [4.69, 9.17) is 4.74 Å². The molecule has 2 aliphatic rings. The summed E-state index contributed by atoms with van der Waals surface area (Å²) in [7, 11) is 0. The number of rotatable bonds is 9. The highest BCUT2D eigenvalue weighted by atomic mass is 32.1. The number of imide groups is 1. The van der Waals surface area contributed by atoms with E-state index < -0.39 is 36.4 Å². The molecule has 0 radical (unpaired) electrons. The summed E-state index contributed by atoms with van der Waals surface area (Å²) in [6, 6.07) is -1.69. The third kappa shape index (κ3) is 5.89. The van der Waals surface area contributed by atoms with Gasteiger partial charge < -0.3 is 20.3 Å². The van der Waals surface area contributed by atoms with Gasteiger partial charge in [-0.05, 0) is 43.0 Å². The third-order valence-electron chi connectivity index (χ3n) is 5.47. The number of carbonyl (C=O) groups excluding carboxylic acids is 5. The molecule has 1 aromatic rings. The van der Waals surface area contributed by atoms with Crippen molar-refractivity contribution < 1.29 is 28.7 Å². The number of esters is 1. The Morgan fingerprint density at radius 3 is 2.58 bits per heavy atom. The minimum atomic E-state index is -0.979. The summed E-state index contributed by atoms with van der Waals surface area (Å²) in [5.74, 6) is -1.65. The fourth-order valence-corrected chi connectivity index (χ4v) is 4.93. The first-order valence-electron chi connectivity index (χ1n) is 11.2. The normalized spacial score (nSPS) is 18.1. The largest absolute Gasteiger partial charge is 0.462 e. The minimum Gasteiger partial charge on any atom is -0.462 e. The van der Waals surface area contributed by atoms with Gasteiger partial charge in [-0.3, -0.25) is 19.3 Å². The highest BCUT2D eigenvalue weighted by molar-refractivity contribution is 7.15. The maximum atomic E-state index is 12.7. The number of anilines is 1. The molecule has 0 spiro atoms. The van der Waals surface area contributed by atoms with Gasteiger partial charge in [-0.15, -0.1) is 11.3 Å². The van der Waals surface area contributed by atoms with E-state index in [9.17, 15) is 24.0 Å². The van der Waals surface area contributed by atoms with Crippen molar-refractivity contribution in [3.05, 3.63) is 16.5 Å². The number of urea groups is 1. The van der Waals surface area contributed by atoms with Crippen LogP contribution in [0.5, 0.6) is 0 Å². The molecule has 10 nitrogen and oxygen atoms in total. The van der Waals surface area contributed by atoms with E-state index in [1.165, 1.54) is 11.3 Å². The SMILES string of the molecule is CCOC(=O)c1c(CC(C)C)csc1NC(=O)CN1C(=O)NC(CC(=O)N2CCCC2)C1=O. The standard InChI is InChI=1S/C22H30N4O6S/c1-4-32-21(30)18-14(9-13(2)3)12-33-19(18)24-16(27)11-26-20(29)15(23-22(26)31)10-17(28)25-7-5-6-8-25/h12-13,15H,4-11H2,1-3H3,(H,23,31)(H,24,27). The van der Waals surface area contributed by atoms with Crippen molar-refractivity contribution in [2.24, 2.45) is 5.92 Å². The van der Waals surface area contributed by atoms with Crippen molar-refractivity contribution >= 4 is 46.1 Å². The van der Waals surface area contributed by atoms with E-state index in [1.54, 1.807) is 17.2 Å². The Bertz CT molecular complexity index is 937. The lowest BCUT2D eigenvalue weighted by Gasteiger charge is -2.17. The second kappa shape index (κ2) is 10.8.